The van der Waals surface area contributed by atoms with E-state index < -0.39 is 8.56 Å². The van der Waals surface area contributed by atoms with Crippen LogP contribution in [0.4, 0.5) is 0 Å². The molecule has 17 heavy (non-hydrogen) atoms. The highest BCUT2D eigenvalue weighted by molar-refractivity contribution is 6.66. The molecular weight excluding hydrogens is 236 g/mol. The third-order valence-corrected chi connectivity index (χ3v) is 4.30. The fraction of sp³-hybridized carbons (Fsp3) is 0.750. The number of hydrogen-bond acceptors (Lipinski definition) is 4. The van der Waals surface area contributed by atoms with Crippen molar-refractivity contribution in [2.45, 2.75) is 40.2 Å². The Morgan fingerprint density at radius 3 is 2.12 bits per heavy atom. The Kier molecular flexibility index (Phi) is 9.02. The van der Waals surface area contributed by atoms with Gasteiger partial charge in [-0.25, -0.2) is 4.79 Å². The van der Waals surface area contributed by atoms with Crippen LogP contribution >= 0.6 is 0 Å². The first kappa shape index (κ1) is 16.3. The second kappa shape index (κ2) is 9.38. The molecule has 0 aliphatic heterocycles. The van der Waals surface area contributed by atoms with Gasteiger partial charge in [-0.2, -0.15) is 0 Å². The van der Waals surface area contributed by atoms with Gasteiger partial charge in [0.2, 0.25) is 0 Å². The van der Waals surface area contributed by atoms with Crippen LogP contribution in [-0.2, 0) is 18.4 Å². The molecule has 0 N–H and O–H groups in total. The number of carbonyl (C=O) groups excluding carboxylic acids is 1. The molecule has 0 fully saturated rings. The zero-order chi connectivity index (χ0) is 13.1. The molecule has 0 aromatic rings. The first-order valence-electron chi connectivity index (χ1n) is 6.15. The lowest BCUT2D eigenvalue weighted by atomic mass is 10.5. The number of allylic oxidation sites excluding steroid dienone is 1. The summed E-state index contributed by atoms with van der Waals surface area (Å²) in [5, 5.41) is 0. The first-order chi connectivity index (χ1) is 8.08. The van der Waals surface area contributed by atoms with Gasteiger partial charge >= 0.3 is 14.5 Å². The number of hydrogen-bond donors (Lipinski definition) is 0. The predicted molar refractivity (Wildman–Crippen MR) is 69.9 cm³/mol. The van der Waals surface area contributed by atoms with E-state index in [4.69, 9.17) is 13.6 Å². The van der Waals surface area contributed by atoms with Gasteiger partial charge in [0, 0.05) is 19.3 Å². The average Bonchev–Trinajstić information content (AvgIpc) is 2.32. The van der Waals surface area contributed by atoms with Crippen LogP contribution < -0.4 is 0 Å². The lowest BCUT2D eigenvalue weighted by Crippen LogP contribution is -2.45. The minimum absolute atomic E-state index is 0.246. The number of rotatable bonds is 9. The van der Waals surface area contributed by atoms with E-state index >= 15 is 0 Å². The number of carbonyl (C=O) groups is 1. The second-order valence-corrected chi connectivity index (χ2v) is 7.07. The molecular formula is C12H24O4Si. The van der Waals surface area contributed by atoms with E-state index in [9.17, 15) is 4.79 Å². The van der Waals surface area contributed by atoms with Crippen LogP contribution in [0.15, 0.2) is 12.2 Å². The zero-order valence-corrected chi connectivity index (χ0v) is 12.3. The molecule has 0 unspecified atom stereocenters. The van der Waals surface area contributed by atoms with Gasteiger partial charge in [-0.3, -0.25) is 0 Å². The Morgan fingerprint density at radius 2 is 1.71 bits per heavy atom. The predicted octanol–water partition coefficient (Wildman–Crippen LogP) is 2.57. The van der Waals surface area contributed by atoms with Crippen molar-refractivity contribution in [1.82, 2.24) is 0 Å². The maximum Gasteiger partial charge on any atom is 0.374 e. The summed E-state index contributed by atoms with van der Waals surface area (Å²) in [5.74, 6) is -0.341. The molecule has 0 saturated carbocycles. The molecule has 5 heteroatoms. The van der Waals surface area contributed by atoms with Crippen LogP contribution in [0.2, 0.25) is 6.55 Å². The highest BCUT2D eigenvalue weighted by atomic mass is 28.4. The minimum atomic E-state index is -2.36. The smallest absolute Gasteiger partial charge is 0.374 e. The van der Waals surface area contributed by atoms with Gasteiger partial charge in [0.1, 0.15) is 6.23 Å². The summed E-state index contributed by atoms with van der Waals surface area (Å²) < 4.78 is 16.6. The molecule has 0 aromatic carbocycles. The molecule has 0 amide bonds. The van der Waals surface area contributed by atoms with E-state index in [0.717, 1.165) is 12.8 Å². The van der Waals surface area contributed by atoms with Crippen LogP contribution in [0.25, 0.3) is 0 Å². The highest BCUT2D eigenvalue weighted by Crippen LogP contribution is 2.09. The average molecular weight is 260 g/mol. The SMILES string of the molecule is CC=CC(=O)OC[Si](C)(OCCC)OCCC. The topological polar surface area (TPSA) is 44.8 Å². The number of ether oxygens (including phenoxy) is 1. The minimum Gasteiger partial charge on any atom is -0.461 e. The molecule has 0 saturated heterocycles. The van der Waals surface area contributed by atoms with E-state index in [1.165, 1.54) is 6.08 Å². The van der Waals surface area contributed by atoms with Crippen molar-refractivity contribution in [2.75, 3.05) is 19.4 Å². The third-order valence-electron chi connectivity index (χ3n) is 2.00. The van der Waals surface area contributed by atoms with E-state index in [1.54, 1.807) is 13.0 Å². The van der Waals surface area contributed by atoms with Crippen molar-refractivity contribution in [2.24, 2.45) is 0 Å². The summed E-state index contributed by atoms with van der Waals surface area (Å²) in [4.78, 5) is 11.2. The van der Waals surface area contributed by atoms with Crippen LogP contribution in [0.1, 0.15) is 33.6 Å². The fourth-order valence-corrected chi connectivity index (χ4v) is 3.07. The third kappa shape index (κ3) is 8.12. The number of esters is 1. The zero-order valence-electron chi connectivity index (χ0n) is 11.3. The Balaban J connectivity index is 4.20. The molecule has 0 radical (unpaired) electrons. The molecule has 4 nitrogen and oxygen atoms in total. The van der Waals surface area contributed by atoms with Gasteiger partial charge in [0.05, 0.1) is 0 Å². The molecule has 0 atom stereocenters. The molecule has 0 aromatic heterocycles. The molecule has 0 aliphatic carbocycles. The van der Waals surface area contributed by atoms with Gasteiger partial charge in [-0.05, 0) is 26.3 Å². The lowest BCUT2D eigenvalue weighted by molar-refractivity contribution is -0.136. The molecule has 0 rings (SSSR count). The quantitative estimate of drug-likeness (QED) is 0.363. The summed E-state index contributed by atoms with van der Waals surface area (Å²) in [5.41, 5.74) is 0. The monoisotopic (exact) mass is 260 g/mol. The Bertz CT molecular complexity index is 233. The van der Waals surface area contributed by atoms with Crippen molar-refractivity contribution in [3.8, 4) is 0 Å². The summed E-state index contributed by atoms with van der Waals surface area (Å²) in [6, 6.07) is 0. The Morgan fingerprint density at radius 1 is 1.18 bits per heavy atom. The van der Waals surface area contributed by atoms with Crippen LogP contribution in [0, 0.1) is 0 Å². The van der Waals surface area contributed by atoms with Crippen LogP contribution in [0.3, 0.4) is 0 Å². The van der Waals surface area contributed by atoms with Crippen molar-refractivity contribution < 1.29 is 18.4 Å². The maximum atomic E-state index is 11.2. The van der Waals surface area contributed by atoms with Gasteiger partial charge < -0.3 is 13.6 Å². The standard InChI is InChI=1S/C12H24O4Si/c1-5-8-12(13)14-11-17(4,15-9-6-2)16-10-7-3/h5,8H,6-7,9-11H2,1-4H3. The molecule has 0 heterocycles. The highest BCUT2D eigenvalue weighted by Gasteiger charge is 2.33. The van der Waals surface area contributed by atoms with Crippen molar-refractivity contribution in [3.63, 3.8) is 0 Å². The summed E-state index contributed by atoms with van der Waals surface area (Å²) in [6.45, 7) is 9.09. The fourth-order valence-electron chi connectivity index (χ4n) is 1.15. The van der Waals surface area contributed by atoms with Crippen LogP contribution in [0.5, 0.6) is 0 Å². The van der Waals surface area contributed by atoms with E-state index in [1.807, 2.05) is 20.4 Å². The Labute approximate surface area is 105 Å². The van der Waals surface area contributed by atoms with E-state index in [2.05, 4.69) is 0 Å². The molecule has 100 valence electrons. The van der Waals surface area contributed by atoms with Crippen molar-refractivity contribution in [1.29, 1.82) is 0 Å². The van der Waals surface area contributed by atoms with Gasteiger partial charge in [0.25, 0.3) is 0 Å². The first-order valence-corrected chi connectivity index (χ1v) is 8.67. The summed E-state index contributed by atoms with van der Waals surface area (Å²) in [6.07, 6.45) is 5.16. The lowest BCUT2D eigenvalue weighted by Gasteiger charge is -2.26. The normalized spacial score (nSPS) is 12.0. The maximum absolute atomic E-state index is 11.2. The van der Waals surface area contributed by atoms with Crippen molar-refractivity contribution in [3.05, 3.63) is 12.2 Å². The summed E-state index contributed by atoms with van der Waals surface area (Å²) >= 11 is 0. The summed E-state index contributed by atoms with van der Waals surface area (Å²) in [7, 11) is -2.36. The van der Waals surface area contributed by atoms with Crippen LogP contribution in [-0.4, -0.2) is 34.0 Å². The van der Waals surface area contributed by atoms with Gasteiger partial charge in [0.15, 0.2) is 0 Å². The van der Waals surface area contributed by atoms with Gasteiger partial charge in [-0.15, -0.1) is 0 Å². The van der Waals surface area contributed by atoms with E-state index in [0.29, 0.717) is 13.2 Å². The van der Waals surface area contributed by atoms with Crippen molar-refractivity contribution >= 4 is 14.5 Å². The van der Waals surface area contributed by atoms with E-state index in [-0.39, 0.29) is 12.2 Å². The Hall–Kier alpha value is -0.653. The molecule has 0 spiro atoms. The second-order valence-electron chi connectivity index (χ2n) is 3.94. The molecule has 0 aliphatic rings. The largest absolute Gasteiger partial charge is 0.461 e. The van der Waals surface area contributed by atoms with Gasteiger partial charge in [-0.1, -0.05) is 19.9 Å². The molecule has 0 bridgehead atoms.